The number of nitrogens with zero attached hydrogens (tertiary/aromatic N) is 5. The molecule has 0 fully saturated rings. The van der Waals surface area contributed by atoms with Crippen LogP contribution >= 0.6 is 11.8 Å². The maximum absolute atomic E-state index is 12.6. The SMILES string of the molecule is CCCN(CC(=O)Nc1ccccc1C)C(=O)CSc1nnnn1C(C)C. The molecule has 1 heterocycles. The minimum absolute atomic E-state index is 0.0245. The molecule has 1 aromatic heterocycles. The van der Waals surface area contributed by atoms with Crippen molar-refractivity contribution in [2.24, 2.45) is 0 Å². The molecule has 2 amide bonds. The van der Waals surface area contributed by atoms with Crippen molar-refractivity contribution in [1.29, 1.82) is 0 Å². The van der Waals surface area contributed by atoms with Crippen molar-refractivity contribution in [3.8, 4) is 0 Å². The molecule has 1 aromatic carbocycles. The fraction of sp³-hybridized carbons (Fsp3) is 0.500. The summed E-state index contributed by atoms with van der Waals surface area (Å²) in [4.78, 5) is 26.6. The van der Waals surface area contributed by atoms with Crippen molar-refractivity contribution in [2.45, 2.75) is 45.3 Å². The second-order valence-electron chi connectivity index (χ2n) is 6.47. The Hall–Kier alpha value is -2.42. The van der Waals surface area contributed by atoms with Crippen LogP contribution in [0.3, 0.4) is 0 Å². The van der Waals surface area contributed by atoms with Crippen LogP contribution in [-0.4, -0.2) is 55.8 Å². The van der Waals surface area contributed by atoms with Gasteiger partial charge < -0.3 is 10.2 Å². The van der Waals surface area contributed by atoms with Gasteiger partial charge in [-0.2, -0.15) is 0 Å². The van der Waals surface area contributed by atoms with Crippen molar-refractivity contribution < 1.29 is 9.59 Å². The molecular formula is C18H26N6O2S. The van der Waals surface area contributed by atoms with Crippen LogP contribution in [0, 0.1) is 6.92 Å². The number of rotatable bonds is 9. The largest absolute Gasteiger partial charge is 0.333 e. The van der Waals surface area contributed by atoms with Gasteiger partial charge in [0.25, 0.3) is 0 Å². The molecular weight excluding hydrogens is 364 g/mol. The van der Waals surface area contributed by atoms with E-state index in [1.165, 1.54) is 11.8 Å². The van der Waals surface area contributed by atoms with Crippen molar-refractivity contribution in [1.82, 2.24) is 25.1 Å². The number of carbonyl (C=O) groups is 2. The summed E-state index contributed by atoms with van der Waals surface area (Å²) >= 11 is 1.28. The van der Waals surface area contributed by atoms with Crippen LogP contribution in [0.15, 0.2) is 29.4 Å². The minimum atomic E-state index is -0.205. The van der Waals surface area contributed by atoms with Crippen LogP contribution in [0.4, 0.5) is 5.69 Å². The first-order valence-corrected chi connectivity index (χ1v) is 9.94. The molecule has 27 heavy (non-hydrogen) atoms. The Morgan fingerprint density at radius 3 is 2.70 bits per heavy atom. The Labute approximate surface area is 163 Å². The van der Waals surface area contributed by atoms with Gasteiger partial charge in [-0.05, 0) is 49.2 Å². The van der Waals surface area contributed by atoms with Crippen molar-refractivity contribution in [3.05, 3.63) is 29.8 Å². The van der Waals surface area contributed by atoms with Gasteiger partial charge in [0.05, 0.1) is 18.3 Å². The second kappa shape index (κ2) is 10.1. The molecule has 146 valence electrons. The third kappa shape index (κ3) is 6.06. The fourth-order valence-corrected chi connectivity index (χ4v) is 3.37. The number of thioether (sulfide) groups is 1. The summed E-state index contributed by atoms with van der Waals surface area (Å²) in [6.45, 7) is 8.40. The molecule has 0 aliphatic rings. The van der Waals surface area contributed by atoms with Crippen LogP contribution in [0.1, 0.15) is 38.8 Å². The number of aromatic nitrogens is 4. The van der Waals surface area contributed by atoms with Gasteiger partial charge in [0, 0.05) is 12.2 Å². The first-order valence-electron chi connectivity index (χ1n) is 8.96. The number of amides is 2. The lowest BCUT2D eigenvalue weighted by Gasteiger charge is -2.21. The maximum Gasteiger partial charge on any atom is 0.244 e. The van der Waals surface area contributed by atoms with Crippen LogP contribution in [0.25, 0.3) is 0 Å². The highest BCUT2D eigenvalue weighted by Crippen LogP contribution is 2.18. The molecule has 8 nitrogen and oxygen atoms in total. The molecule has 0 atom stereocenters. The van der Waals surface area contributed by atoms with Crippen molar-refractivity contribution in [3.63, 3.8) is 0 Å². The number of anilines is 1. The smallest absolute Gasteiger partial charge is 0.244 e. The van der Waals surface area contributed by atoms with Crippen molar-refractivity contribution >= 4 is 29.3 Å². The summed E-state index contributed by atoms with van der Waals surface area (Å²) in [5.41, 5.74) is 1.74. The van der Waals surface area contributed by atoms with Crippen LogP contribution in [-0.2, 0) is 9.59 Å². The summed E-state index contributed by atoms with van der Waals surface area (Å²) in [6.07, 6.45) is 0.776. The highest BCUT2D eigenvalue weighted by atomic mass is 32.2. The quantitative estimate of drug-likeness (QED) is 0.662. The molecule has 2 rings (SSSR count). The number of carbonyl (C=O) groups excluding carboxylic acids is 2. The highest BCUT2D eigenvalue weighted by Gasteiger charge is 2.19. The monoisotopic (exact) mass is 390 g/mol. The third-order valence-electron chi connectivity index (χ3n) is 3.88. The van der Waals surface area contributed by atoms with E-state index in [0.717, 1.165) is 17.7 Å². The normalized spacial score (nSPS) is 10.9. The van der Waals surface area contributed by atoms with Crippen LogP contribution in [0.2, 0.25) is 0 Å². The van der Waals surface area contributed by atoms with Gasteiger partial charge in [0.1, 0.15) is 0 Å². The Morgan fingerprint density at radius 1 is 1.30 bits per heavy atom. The van der Waals surface area contributed by atoms with E-state index in [-0.39, 0.29) is 30.2 Å². The lowest BCUT2D eigenvalue weighted by Crippen LogP contribution is -2.39. The number of para-hydroxylation sites is 1. The summed E-state index contributed by atoms with van der Waals surface area (Å²) in [5, 5.41) is 15.0. The molecule has 9 heteroatoms. The molecule has 0 saturated carbocycles. The molecule has 0 aliphatic carbocycles. The average molecular weight is 391 g/mol. The van der Waals surface area contributed by atoms with Crippen LogP contribution < -0.4 is 5.32 Å². The number of hydrogen-bond acceptors (Lipinski definition) is 6. The Bertz CT molecular complexity index is 777. The molecule has 2 aromatic rings. The first kappa shape index (κ1) is 20.9. The van der Waals surface area contributed by atoms with E-state index in [2.05, 4.69) is 20.8 Å². The van der Waals surface area contributed by atoms with Gasteiger partial charge in [-0.15, -0.1) is 5.10 Å². The summed E-state index contributed by atoms with van der Waals surface area (Å²) in [6, 6.07) is 7.68. The van der Waals surface area contributed by atoms with Crippen molar-refractivity contribution in [2.75, 3.05) is 24.2 Å². The molecule has 0 aliphatic heterocycles. The summed E-state index contributed by atoms with van der Waals surface area (Å²) < 4.78 is 1.67. The summed E-state index contributed by atoms with van der Waals surface area (Å²) in [7, 11) is 0. The predicted octanol–water partition coefficient (Wildman–Crippen LogP) is 2.53. The molecule has 0 bridgehead atoms. The second-order valence-corrected chi connectivity index (χ2v) is 7.41. The van der Waals surface area contributed by atoms with Gasteiger partial charge in [0.2, 0.25) is 17.0 Å². The minimum Gasteiger partial charge on any atom is -0.333 e. The molecule has 0 radical (unpaired) electrons. The van der Waals surface area contributed by atoms with Gasteiger partial charge in [0.15, 0.2) is 0 Å². The van der Waals surface area contributed by atoms with E-state index in [4.69, 9.17) is 0 Å². The highest BCUT2D eigenvalue weighted by molar-refractivity contribution is 7.99. The fourth-order valence-electron chi connectivity index (χ4n) is 2.46. The van der Waals surface area contributed by atoms with Gasteiger partial charge in [-0.25, -0.2) is 4.68 Å². The Kier molecular flexibility index (Phi) is 7.78. The Morgan fingerprint density at radius 2 is 2.04 bits per heavy atom. The lowest BCUT2D eigenvalue weighted by molar-refractivity contribution is -0.132. The van der Waals surface area contributed by atoms with E-state index < -0.39 is 0 Å². The zero-order valence-corrected chi connectivity index (χ0v) is 17.0. The van der Waals surface area contributed by atoms with E-state index in [1.807, 2.05) is 52.0 Å². The van der Waals surface area contributed by atoms with Gasteiger partial charge >= 0.3 is 0 Å². The number of tetrazole rings is 1. The first-order chi connectivity index (χ1) is 12.9. The third-order valence-corrected chi connectivity index (χ3v) is 4.79. The summed E-state index contributed by atoms with van der Waals surface area (Å²) in [5.74, 6) is -0.131. The number of nitrogens with one attached hydrogen (secondary N) is 1. The molecule has 1 N–H and O–H groups in total. The molecule has 0 spiro atoms. The zero-order valence-electron chi connectivity index (χ0n) is 16.2. The van der Waals surface area contributed by atoms with E-state index in [9.17, 15) is 9.59 Å². The predicted molar refractivity (Wildman–Crippen MR) is 106 cm³/mol. The number of benzene rings is 1. The standard InChI is InChI=1S/C18H26N6O2S/c1-5-10-23(11-16(25)19-15-9-7-6-8-14(15)4)17(26)12-27-18-20-21-22-24(18)13(2)3/h6-9,13H,5,10-12H2,1-4H3,(H,19,25). The topological polar surface area (TPSA) is 93.0 Å². The zero-order chi connectivity index (χ0) is 19.8. The van der Waals surface area contributed by atoms with E-state index in [0.29, 0.717) is 11.7 Å². The lowest BCUT2D eigenvalue weighted by atomic mass is 10.2. The molecule has 0 unspecified atom stereocenters. The maximum atomic E-state index is 12.6. The van der Waals surface area contributed by atoms with Gasteiger partial charge in [-0.3, -0.25) is 9.59 Å². The average Bonchev–Trinajstić information content (AvgIpc) is 3.10. The van der Waals surface area contributed by atoms with Crippen LogP contribution in [0.5, 0.6) is 0 Å². The Balaban J connectivity index is 1.94. The van der Waals surface area contributed by atoms with E-state index >= 15 is 0 Å². The number of aryl methyl sites for hydroxylation is 1. The van der Waals surface area contributed by atoms with E-state index in [1.54, 1.807) is 9.58 Å². The van der Waals surface area contributed by atoms with Gasteiger partial charge in [-0.1, -0.05) is 36.9 Å². The molecule has 0 saturated heterocycles. The number of hydrogen-bond donors (Lipinski definition) is 1.